The van der Waals surface area contributed by atoms with Gasteiger partial charge in [-0.2, -0.15) is 0 Å². The Labute approximate surface area is 81.1 Å². The lowest BCUT2D eigenvalue weighted by molar-refractivity contribution is -0.129. The zero-order chi connectivity index (χ0) is 10.0. The molecule has 1 fully saturated rings. The molecule has 0 spiro atoms. The van der Waals surface area contributed by atoms with Crippen molar-refractivity contribution in [3.63, 3.8) is 0 Å². The van der Waals surface area contributed by atoms with Gasteiger partial charge in [-0.3, -0.25) is 14.3 Å². The maximum absolute atomic E-state index is 11.5. The number of nitrogens with one attached hydrogen (secondary N) is 1. The van der Waals surface area contributed by atoms with Gasteiger partial charge in [-0.25, -0.2) is 0 Å². The monoisotopic (exact) mass is 204 g/mol. The lowest BCUT2D eigenvalue weighted by atomic mass is 10.3. The molecular weight excluding hydrogens is 188 g/mol. The van der Waals surface area contributed by atoms with Crippen LogP contribution in [0.4, 0.5) is 0 Å². The summed E-state index contributed by atoms with van der Waals surface area (Å²) in [5.41, 5.74) is 0. The summed E-state index contributed by atoms with van der Waals surface area (Å²) in [5, 5.41) is 3.05. The van der Waals surface area contributed by atoms with Crippen molar-refractivity contribution in [1.82, 2.24) is 10.2 Å². The number of nitrogens with zero attached hydrogens (tertiary/aromatic N) is 1. The fourth-order valence-corrected chi connectivity index (χ4v) is 2.31. The first kappa shape index (κ1) is 10.7. The van der Waals surface area contributed by atoms with Crippen LogP contribution in [0.2, 0.25) is 0 Å². The van der Waals surface area contributed by atoms with Gasteiger partial charge in [-0.05, 0) is 13.8 Å². The van der Waals surface area contributed by atoms with Gasteiger partial charge >= 0.3 is 0 Å². The Balaban J connectivity index is 2.53. The summed E-state index contributed by atoms with van der Waals surface area (Å²) in [5.74, 6) is 0.665. The second-order valence-electron chi connectivity index (χ2n) is 3.48. The molecule has 0 aromatic carbocycles. The molecule has 1 amide bonds. The van der Waals surface area contributed by atoms with Gasteiger partial charge in [0.2, 0.25) is 5.91 Å². The molecule has 0 radical (unpaired) electrons. The third-order valence-corrected chi connectivity index (χ3v) is 3.18. The van der Waals surface area contributed by atoms with Gasteiger partial charge in [0.25, 0.3) is 0 Å². The summed E-state index contributed by atoms with van der Waals surface area (Å²) in [6, 6.07) is -0.0245. The molecule has 5 heteroatoms. The number of hydrogen-bond donors (Lipinski definition) is 1. The van der Waals surface area contributed by atoms with E-state index in [0.29, 0.717) is 12.4 Å². The van der Waals surface area contributed by atoms with Gasteiger partial charge in [-0.1, -0.05) is 0 Å². The Hall–Kier alpha value is -0.420. The lowest BCUT2D eigenvalue weighted by Crippen LogP contribution is -2.39. The number of amides is 1. The molecule has 3 unspecified atom stereocenters. The van der Waals surface area contributed by atoms with Crippen LogP contribution in [-0.2, 0) is 15.6 Å². The van der Waals surface area contributed by atoms with Crippen molar-refractivity contribution in [3.05, 3.63) is 0 Å². The molecule has 3 atom stereocenters. The van der Waals surface area contributed by atoms with Crippen LogP contribution in [0.15, 0.2) is 0 Å². The first-order valence-electron chi connectivity index (χ1n) is 4.36. The fraction of sp³-hybridized carbons (Fsp3) is 0.875. The van der Waals surface area contributed by atoms with E-state index in [0.717, 1.165) is 0 Å². The van der Waals surface area contributed by atoms with Crippen molar-refractivity contribution >= 4 is 16.7 Å². The highest BCUT2D eigenvalue weighted by atomic mass is 32.2. The number of rotatable bonds is 3. The van der Waals surface area contributed by atoms with Gasteiger partial charge in [0.15, 0.2) is 0 Å². The number of carbonyl (C=O) groups is 1. The van der Waals surface area contributed by atoms with Crippen LogP contribution in [-0.4, -0.2) is 45.8 Å². The molecule has 0 aromatic rings. The summed E-state index contributed by atoms with van der Waals surface area (Å²) in [4.78, 5) is 13.2. The molecule has 0 aliphatic carbocycles. The summed E-state index contributed by atoms with van der Waals surface area (Å²) in [7, 11) is -0.840. The topological polar surface area (TPSA) is 49.4 Å². The molecule has 13 heavy (non-hydrogen) atoms. The van der Waals surface area contributed by atoms with Crippen molar-refractivity contribution in [3.8, 4) is 0 Å². The van der Waals surface area contributed by atoms with E-state index in [-0.39, 0.29) is 18.0 Å². The molecule has 4 nitrogen and oxygen atoms in total. The first-order valence-corrected chi connectivity index (χ1v) is 6.09. The van der Waals surface area contributed by atoms with E-state index in [9.17, 15) is 9.00 Å². The second kappa shape index (κ2) is 4.19. The highest BCUT2D eigenvalue weighted by Gasteiger charge is 2.30. The smallest absolute Gasteiger partial charge is 0.240 e. The molecule has 0 aromatic heterocycles. The van der Waals surface area contributed by atoms with Crippen molar-refractivity contribution in [1.29, 1.82) is 0 Å². The third-order valence-electron chi connectivity index (χ3n) is 2.23. The Morgan fingerprint density at radius 2 is 2.38 bits per heavy atom. The molecule has 1 rings (SSSR count). The highest BCUT2D eigenvalue weighted by Crippen LogP contribution is 2.08. The predicted molar refractivity (Wildman–Crippen MR) is 52.7 cm³/mol. The molecular formula is C8H16N2O2S. The van der Waals surface area contributed by atoms with E-state index in [1.165, 1.54) is 0 Å². The standard InChI is InChI=1S/C8H16N2O2S/c1-6(4-13(3)12)10-5-9-7(2)8(10)11/h6-7,9H,4-5H2,1-3H3. The third kappa shape index (κ3) is 2.51. The first-order chi connectivity index (χ1) is 6.02. The van der Waals surface area contributed by atoms with Crippen molar-refractivity contribution in [2.75, 3.05) is 18.7 Å². The molecule has 1 aliphatic rings. The minimum Gasteiger partial charge on any atom is -0.325 e. The molecule has 1 aliphatic heterocycles. The van der Waals surface area contributed by atoms with E-state index in [2.05, 4.69) is 5.32 Å². The van der Waals surface area contributed by atoms with E-state index in [1.54, 1.807) is 11.2 Å². The number of hydrogen-bond acceptors (Lipinski definition) is 3. The van der Waals surface area contributed by atoms with Gasteiger partial charge in [0, 0.05) is 28.9 Å². The maximum atomic E-state index is 11.5. The largest absolute Gasteiger partial charge is 0.325 e. The fourth-order valence-electron chi connectivity index (χ4n) is 1.45. The summed E-state index contributed by atoms with van der Waals surface area (Å²) in [6.45, 7) is 4.36. The maximum Gasteiger partial charge on any atom is 0.240 e. The molecule has 1 saturated heterocycles. The SMILES string of the molecule is CC1NCN(C(C)CS(C)=O)C1=O. The van der Waals surface area contributed by atoms with Crippen molar-refractivity contribution < 1.29 is 9.00 Å². The molecule has 0 bridgehead atoms. The highest BCUT2D eigenvalue weighted by molar-refractivity contribution is 7.84. The molecule has 0 saturated carbocycles. The molecule has 1 heterocycles. The van der Waals surface area contributed by atoms with E-state index in [1.807, 2.05) is 13.8 Å². The van der Waals surface area contributed by atoms with E-state index >= 15 is 0 Å². The average Bonchev–Trinajstić information content (AvgIpc) is 2.31. The Bertz CT molecular complexity index is 232. The van der Waals surface area contributed by atoms with Crippen molar-refractivity contribution in [2.45, 2.75) is 25.9 Å². The van der Waals surface area contributed by atoms with Gasteiger partial charge in [-0.15, -0.1) is 0 Å². The van der Waals surface area contributed by atoms with Crippen LogP contribution in [0.25, 0.3) is 0 Å². The van der Waals surface area contributed by atoms with Crippen LogP contribution in [0.1, 0.15) is 13.8 Å². The van der Waals surface area contributed by atoms with Crippen molar-refractivity contribution in [2.24, 2.45) is 0 Å². The minimum absolute atomic E-state index is 0.0655. The van der Waals surface area contributed by atoms with Crippen LogP contribution in [0, 0.1) is 0 Å². The zero-order valence-electron chi connectivity index (χ0n) is 8.24. The summed E-state index contributed by atoms with van der Waals surface area (Å²) >= 11 is 0. The summed E-state index contributed by atoms with van der Waals surface area (Å²) in [6.07, 6.45) is 1.66. The molecule has 1 N–H and O–H groups in total. The van der Waals surface area contributed by atoms with E-state index < -0.39 is 10.8 Å². The average molecular weight is 204 g/mol. The van der Waals surface area contributed by atoms with Gasteiger partial charge in [0.05, 0.1) is 12.7 Å². The Morgan fingerprint density at radius 1 is 1.77 bits per heavy atom. The van der Waals surface area contributed by atoms with Gasteiger partial charge in [0.1, 0.15) is 0 Å². The quantitative estimate of drug-likeness (QED) is 0.676. The zero-order valence-corrected chi connectivity index (χ0v) is 9.06. The number of carbonyl (C=O) groups excluding carboxylic acids is 1. The van der Waals surface area contributed by atoms with Crippen LogP contribution < -0.4 is 5.32 Å². The van der Waals surface area contributed by atoms with Gasteiger partial charge < -0.3 is 4.90 Å². The Kier molecular flexibility index (Phi) is 3.44. The second-order valence-corrected chi connectivity index (χ2v) is 4.96. The van der Waals surface area contributed by atoms with E-state index in [4.69, 9.17) is 0 Å². The normalized spacial score (nSPS) is 27.8. The lowest BCUT2D eigenvalue weighted by Gasteiger charge is -2.22. The Morgan fingerprint density at radius 3 is 2.77 bits per heavy atom. The molecule has 76 valence electrons. The van der Waals surface area contributed by atoms with Crippen LogP contribution in [0.3, 0.4) is 0 Å². The van der Waals surface area contributed by atoms with Crippen LogP contribution >= 0.6 is 0 Å². The predicted octanol–water partition coefficient (Wildman–Crippen LogP) is -0.469. The minimum atomic E-state index is -0.840. The van der Waals surface area contributed by atoms with Crippen LogP contribution in [0.5, 0.6) is 0 Å². The summed E-state index contributed by atoms with van der Waals surface area (Å²) < 4.78 is 11.0.